The molecule has 1 saturated heterocycles. The Bertz CT molecular complexity index is 983. The highest BCUT2D eigenvalue weighted by Gasteiger charge is 2.25. The molecule has 7 nitrogen and oxygen atoms in total. The number of fused-ring (bicyclic) bond motifs is 1. The Morgan fingerprint density at radius 1 is 1.07 bits per heavy atom. The van der Waals surface area contributed by atoms with Crippen LogP contribution in [-0.4, -0.2) is 56.7 Å². The lowest BCUT2D eigenvalue weighted by Crippen LogP contribution is -2.36. The molecular formula is C20H23N3O4S. The SMILES string of the molecule is CS(=O)(=O)c1ccc(N2CCOc3cc(C(=O)N4CCCCC4)cnc32)cc1. The molecule has 0 radical (unpaired) electrons. The summed E-state index contributed by atoms with van der Waals surface area (Å²) in [6, 6.07) is 8.47. The normalized spacial score (nSPS) is 17.0. The number of likely N-dealkylation sites (tertiary alicyclic amines) is 1. The van der Waals surface area contributed by atoms with Gasteiger partial charge in [-0.05, 0) is 49.6 Å². The quantitative estimate of drug-likeness (QED) is 0.787. The van der Waals surface area contributed by atoms with Crippen LogP contribution in [-0.2, 0) is 9.84 Å². The van der Waals surface area contributed by atoms with E-state index in [9.17, 15) is 13.2 Å². The number of ether oxygens (including phenoxy) is 1. The minimum absolute atomic E-state index is 0.00627. The fraction of sp³-hybridized carbons (Fsp3) is 0.400. The number of rotatable bonds is 3. The molecular weight excluding hydrogens is 378 g/mol. The molecule has 8 heteroatoms. The third kappa shape index (κ3) is 3.69. The van der Waals surface area contributed by atoms with E-state index < -0.39 is 9.84 Å². The second kappa shape index (κ2) is 7.43. The monoisotopic (exact) mass is 401 g/mol. The number of amides is 1. The largest absolute Gasteiger partial charge is 0.488 e. The summed E-state index contributed by atoms with van der Waals surface area (Å²) < 4.78 is 29.1. The number of carbonyl (C=O) groups is 1. The minimum Gasteiger partial charge on any atom is -0.488 e. The van der Waals surface area contributed by atoms with Crippen LogP contribution in [0.4, 0.5) is 11.5 Å². The number of pyridine rings is 1. The van der Waals surface area contributed by atoms with Crippen molar-refractivity contribution in [3.8, 4) is 5.75 Å². The van der Waals surface area contributed by atoms with Gasteiger partial charge in [0.05, 0.1) is 17.0 Å². The van der Waals surface area contributed by atoms with E-state index in [1.165, 1.54) is 12.7 Å². The van der Waals surface area contributed by atoms with Gasteiger partial charge in [-0.2, -0.15) is 0 Å². The smallest absolute Gasteiger partial charge is 0.255 e. The van der Waals surface area contributed by atoms with E-state index in [1.54, 1.807) is 36.5 Å². The summed E-state index contributed by atoms with van der Waals surface area (Å²) in [4.78, 5) is 21.4. The van der Waals surface area contributed by atoms with Crippen molar-refractivity contribution in [1.82, 2.24) is 9.88 Å². The third-order valence-electron chi connectivity index (χ3n) is 5.13. The number of carbonyl (C=O) groups excluding carboxylic acids is 1. The van der Waals surface area contributed by atoms with E-state index in [0.29, 0.717) is 30.3 Å². The number of hydrogen-bond acceptors (Lipinski definition) is 6. The van der Waals surface area contributed by atoms with Crippen LogP contribution < -0.4 is 9.64 Å². The first-order chi connectivity index (χ1) is 13.4. The van der Waals surface area contributed by atoms with Crippen LogP contribution in [0.3, 0.4) is 0 Å². The number of hydrogen-bond donors (Lipinski definition) is 0. The molecule has 0 aliphatic carbocycles. The first-order valence-corrected chi connectivity index (χ1v) is 11.3. The maximum Gasteiger partial charge on any atom is 0.255 e. The van der Waals surface area contributed by atoms with E-state index in [2.05, 4.69) is 4.98 Å². The summed E-state index contributed by atoms with van der Waals surface area (Å²) in [6.07, 6.45) is 6.04. The molecule has 0 N–H and O–H groups in total. The van der Waals surface area contributed by atoms with Crippen LogP contribution in [0.5, 0.6) is 5.75 Å². The summed E-state index contributed by atoms with van der Waals surface area (Å²) in [5, 5.41) is 0. The average Bonchev–Trinajstić information content (AvgIpc) is 2.72. The van der Waals surface area contributed by atoms with Gasteiger partial charge in [0.2, 0.25) is 0 Å². The second-order valence-corrected chi connectivity index (χ2v) is 9.18. The number of sulfone groups is 1. The van der Waals surface area contributed by atoms with Crippen molar-refractivity contribution < 1.29 is 17.9 Å². The molecule has 2 aliphatic rings. The van der Waals surface area contributed by atoms with Gasteiger partial charge in [0.25, 0.3) is 5.91 Å². The fourth-order valence-corrected chi connectivity index (χ4v) is 4.25. The number of aromatic nitrogens is 1. The lowest BCUT2D eigenvalue weighted by atomic mass is 10.1. The highest BCUT2D eigenvalue weighted by atomic mass is 32.2. The molecule has 0 atom stereocenters. The maximum absolute atomic E-state index is 12.7. The van der Waals surface area contributed by atoms with Crippen molar-refractivity contribution in [3.05, 3.63) is 42.1 Å². The molecule has 148 valence electrons. The van der Waals surface area contributed by atoms with Gasteiger partial charge in [0, 0.05) is 31.2 Å². The van der Waals surface area contributed by atoms with Crippen molar-refractivity contribution in [2.45, 2.75) is 24.2 Å². The van der Waals surface area contributed by atoms with Crippen LogP contribution in [0.1, 0.15) is 29.6 Å². The first-order valence-electron chi connectivity index (χ1n) is 9.43. The van der Waals surface area contributed by atoms with Crippen LogP contribution in [0.25, 0.3) is 0 Å². The number of nitrogens with zero attached hydrogens (tertiary/aromatic N) is 3. The molecule has 0 saturated carbocycles. The predicted octanol–water partition coefficient (Wildman–Crippen LogP) is 2.64. The third-order valence-corrected chi connectivity index (χ3v) is 6.26. The highest BCUT2D eigenvalue weighted by Crippen LogP contribution is 2.35. The maximum atomic E-state index is 12.7. The second-order valence-electron chi connectivity index (χ2n) is 7.16. The Labute approximate surface area is 164 Å². The Hall–Kier alpha value is -2.61. The molecule has 1 aromatic carbocycles. The summed E-state index contributed by atoms with van der Waals surface area (Å²) in [7, 11) is -3.24. The molecule has 1 fully saturated rings. The summed E-state index contributed by atoms with van der Waals surface area (Å²) in [5.74, 6) is 1.20. The van der Waals surface area contributed by atoms with Gasteiger partial charge >= 0.3 is 0 Å². The van der Waals surface area contributed by atoms with E-state index in [-0.39, 0.29) is 10.8 Å². The van der Waals surface area contributed by atoms with Crippen LogP contribution in [0.15, 0.2) is 41.4 Å². The molecule has 2 aromatic rings. The van der Waals surface area contributed by atoms with Gasteiger partial charge in [-0.1, -0.05) is 0 Å². The van der Waals surface area contributed by atoms with Gasteiger partial charge in [-0.3, -0.25) is 4.79 Å². The van der Waals surface area contributed by atoms with Crippen LogP contribution in [0, 0.1) is 0 Å². The Morgan fingerprint density at radius 2 is 1.79 bits per heavy atom. The molecule has 1 aromatic heterocycles. The van der Waals surface area contributed by atoms with Crippen molar-refractivity contribution in [2.24, 2.45) is 0 Å². The molecule has 2 aliphatic heterocycles. The van der Waals surface area contributed by atoms with Gasteiger partial charge < -0.3 is 14.5 Å². The predicted molar refractivity (Wildman–Crippen MR) is 106 cm³/mol. The number of piperidine rings is 1. The number of benzene rings is 1. The highest BCUT2D eigenvalue weighted by molar-refractivity contribution is 7.90. The zero-order valence-corrected chi connectivity index (χ0v) is 16.6. The molecule has 0 bridgehead atoms. The van der Waals surface area contributed by atoms with E-state index in [4.69, 9.17) is 4.74 Å². The lowest BCUT2D eigenvalue weighted by Gasteiger charge is -2.31. The van der Waals surface area contributed by atoms with Gasteiger partial charge in [-0.25, -0.2) is 13.4 Å². The van der Waals surface area contributed by atoms with Crippen molar-refractivity contribution in [3.63, 3.8) is 0 Å². The lowest BCUT2D eigenvalue weighted by molar-refractivity contribution is 0.0723. The molecule has 0 unspecified atom stereocenters. The molecule has 3 heterocycles. The van der Waals surface area contributed by atoms with Gasteiger partial charge in [0.15, 0.2) is 21.4 Å². The van der Waals surface area contributed by atoms with Crippen molar-refractivity contribution in [1.29, 1.82) is 0 Å². The zero-order chi connectivity index (χ0) is 19.7. The van der Waals surface area contributed by atoms with Crippen molar-refractivity contribution in [2.75, 3.05) is 37.4 Å². The van der Waals surface area contributed by atoms with E-state index in [1.807, 2.05) is 9.80 Å². The average molecular weight is 401 g/mol. The minimum atomic E-state index is -3.24. The van der Waals surface area contributed by atoms with Crippen molar-refractivity contribution >= 4 is 27.2 Å². The summed E-state index contributed by atoms with van der Waals surface area (Å²) in [5.41, 5.74) is 1.37. The van der Waals surface area contributed by atoms with E-state index >= 15 is 0 Å². The first kappa shape index (κ1) is 18.7. The Kier molecular flexibility index (Phi) is 4.97. The topological polar surface area (TPSA) is 79.8 Å². The van der Waals surface area contributed by atoms with Gasteiger partial charge in [-0.15, -0.1) is 0 Å². The molecule has 28 heavy (non-hydrogen) atoms. The van der Waals surface area contributed by atoms with Crippen LogP contribution >= 0.6 is 0 Å². The number of anilines is 2. The Morgan fingerprint density at radius 3 is 2.46 bits per heavy atom. The van der Waals surface area contributed by atoms with Gasteiger partial charge in [0.1, 0.15) is 6.61 Å². The standard InChI is InChI=1S/C20H23N3O4S/c1-28(25,26)17-7-5-16(6-8-17)23-11-12-27-18-13-15(14-21-19(18)23)20(24)22-9-3-2-4-10-22/h5-8,13-14H,2-4,9-12H2,1H3. The van der Waals surface area contributed by atoms with Crippen LogP contribution in [0.2, 0.25) is 0 Å². The molecule has 4 rings (SSSR count). The summed E-state index contributed by atoms with van der Waals surface area (Å²) in [6.45, 7) is 2.63. The zero-order valence-electron chi connectivity index (χ0n) is 15.8. The summed E-state index contributed by atoms with van der Waals surface area (Å²) >= 11 is 0. The molecule has 0 spiro atoms. The van der Waals surface area contributed by atoms with E-state index in [0.717, 1.165) is 31.6 Å². The fourth-order valence-electron chi connectivity index (χ4n) is 3.62. The molecule has 1 amide bonds. The Balaban J connectivity index is 1.60.